The van der Waals surface area contributed by atoms with Crippen LogP contribution < -0.4 is 16.4 Å². The zero-order valence-electron chi connectivity index (χ0n) is 14.5. The van der Waals surface area contributed by atoms with Gasteiger partial charge in [-0.15, -0.1) is 0 Å². The molecule has 5 nitrogen and oxygen atoms in total. The van der Waals surface area contributed by atoms with Gasteiger partial charge in [0, 0.05) is 23.3 Å². The third-order valence-corrected chi connectivity index (χ3v) is 4.30. The lowest BCUT2D eigenvalue weighted by atomic mass is 10.1. The maximum absolute atomic E-state index is 12.0. The van der Waals surface area contributed by atoms with Crippen LogP contribution in [0.1, 0.15) is 11.1 Å². The zero-order chi connectivity index (χ0) is 19.1. The van der Waals surface area contributed by atoms with E-state index in [9.17, 15) is 4.79 Å². The lowest BCUT2D eigenvalue weighted by Crippen LogP contribution is -2.09. The van der Waals surface area contributed by atoms with Crippen molar-refractivity contribution in [2.45, 2.75) is 6.54 Å². The van der Waals surface area contributed by atoms with Crippen molar-refractivity contribution in [1.29, 1.82) is 0 Å². The Morgan fingerprint density at radius 1 is 1.07 bits per heavy atom. The van der Waals surface area contributed by atoms with Gasteiger partial charge in [0.1, 0.15) is 5.82 Å². The summed E-state index contributed by atoms with van der Waals surface area (Å²) in [7, 11) is 0. The van der Waals surface area contributed by atoms with Gasteiger partial charge in [-0.2, -0.15) is 0 Å². The Morgan fingerprint density at radius 2 is 1.85 bits per heavy atom. The number of aromatic nitrogens is 1. The first-order valence-corrected chi connectivity index (χ1v) is 9.17. The van der Waals surface area contributed by atoms with E-state index in [1.165, 1.54) is 6.08 Å². The molecule has 0 spiro atoms. The van der Waals surface area contributed by atoms with Gasteiger partial charge in [0.2, 0.25) is 5.91 Å². The molecule has 6 heteroatoms. The topological polar surface area (TPSA) is 80.0 Å². The number of hydrogen-bond donors (Lipinski definition) is 3. The molecule has 0 unspecified atom stereocenters. The van der Waals surface area contributed by atoms with Crippen molar-refractivity contribution in [3.63, 3.8) is 0 Å². The molecule has 1 amide bonds. The van der Waals surface area contributed by atoms with Gasteiger partial charge in [0.25, 0.3) is 0 Å². The number of carbonyl (C=O) groups is 1. The van der Waals surface area contributed by atoms with Crippen molar-refractivity contribution in [2.75, 3.05) is 16.4 Å². The summed E-state index contributed by atoms with van der Waals surface area (Å²) < 4.78 is 0.947. The van der Waals surface area contributed by atoms with E-state index >= 15 is 0 Å². The molecule has 1 heterocycles. The molecule has 0 aliphatic rings. The number of para-hydroxylation sites is 2. The third kappa shape index (κ3) is 5.69. The summed E-state index contributed by atoms with van der Waals surface area (Å²) >= 11 is 3.36. The second-order valence-corrected chi connectivity index (χ2v) is 6.78. The first-order chi connectivity index (χ1) is 13.1. The Morgan fingerprint density at radius 3 is 2.56 bits per heavy atom. The zero-order valence-corrected chi connectivity index (χ0v) is 16.1. The Bertz CT molecular complexity index is 937. The Hall–Kier alpha value is -3.12. The van der Waals surface area contributed by atoms with Crippen LogP contribution in [0, 0.1) is 0 Å². The normalized spacial score (nSPS) is 10.7. The van der Waals surface area contributed by atoms with Gasteiger partial charge in [-0.05, 0) is 57.4 Å². The summed E-state index contributed by atoms with van der Waals surface area (Å²) in [4.78, 5) is 16.3. The third-order valence-electron chi connectivity index (χ3n) is 3.83. The minimum absolute atomic E-state index is 0.222. The average Bonchev–Trinajstić information content (AvgIpc) is 2.68. The minimum atomic E-state index is -0.222. The summed E-state index contributed by atoms with van der Waals surface area (Å²) in [5.41, 5.74) is 9.03. The van der Waals surface area contributed by atoms with Crippen LogP contribution in [-0.2, 0) is 11.3 Å². The number of nitrogen functional groups attached to an aromatic ring is 1. The van der Waals surface area contributed by atoms with Crippen molar-refractivity contribution in [3.8, 4) is 0 Å². The van der Waals surface area contributed by atoms with Crippen molar-refractivity contribution in [3.05, 3.63) is 88.5 Å². The summed E-state index contributed by atoms with van der Waals surface area (Å²) in [6, 6.07) is 19.0. The van der Waals surface area contributed by atoms with Crippen LogP contribution in [0.2, 0.25) is 0 Å². The molecule has 27 heavy (non-hydrogen) atoms. The van der Waals surface area contributed by atoms with Gasteiger partial charge in [0.05, 0.1) is 11.4 Å². The molecule has 1 aromatic heterocycles. The van der Waals surface area contributed by atoms with Gasteiger partial charge >= 0.3 is 0 Å². The van der Waals surface area contributed by atoms with Gasteiger partial charge in [0.15, 0.2) is 0 Å². The number of pyridine rings is 1. The van der Waals surface area contributed by atoms with Crippen molar-refractivity contribution < 1.29 is 4.79 Å². The van der Waals surface area contributed by atoms with Crippen LogP contribution in [-0.4, -0.2) is 10.9 Å². The first-order valence-electron chi connectivity index (χ1n) is 8.38. The SMILES string of the molecule is Nc1ccccc1NC(=O)/C=C/c1ccc(CNc2ccc(Br)cn2)cc1. The van der Waals surface area contributed by atoms with E-state index in [4.69, 9.17) is 5.73 Å². The van der Waals surface area contributed by atoms with Gasteiger partial charge in [-0.1, -0.05) is 36.4 Å². The van der Waals surface area contributed by atoms with Crippen molar-refractivity contribution >= 4 is 45.1 Å². The van der Waals surface area contributed by atoms with E-state index in [0.29, 0.717) is 17.9 Å². The van der Waals surface area contributed by atoms with E-state index in [0.717, 1.165) is 21.4 Å². The minimum Gasteiger partial charge on any atom is -0.397 e. The fourth-order valence-electron chi connectivity index (χ4n) is 2.38. The Balaban J connectivity index is 1.53. The number of amides is 1. The van der Waals surface area contributed by atoms with Gasteiger partial charge < -0.3 is 16.4 Å². The highest BCUT2D eigenvalue weighted by Crippen LogP contribution is 2.17. The number of nitrogens with zero attached hydrogens (tertiary/aromatic N) is 1. The highest BCUT2D eigenvalue weighted by atomic mass is 79.9. The molecule has 2 aromatic carbocycles. The van der Waals surface area contributed by atoms with E-state index < -0.39 is 0 Å². The largest absolute Gasteiger partial charge is 0.397 e. The quantitative estimate of drug-likeness (QED) is 0.397. The van der Waals surface area contributed by atoms with E-state index in [1.807, 2.05) is 48.5 Å². The molecule has 0 bridgehead atoms. The number of benzene rings is 2. The predicted octanol–water partition coefficient (Wildman–Crippen LogP) is 4.69. The monoisotopic (exact) mass is 422 g/mol. The molecule has 0 aliphatic heterocycles. The summed E-state index contributed by atoms with van der Waals surface area (Å²) in [6.07, 6.45) is 5.01. The first kappa shape index (κ1) is 18.7. The van der Waals surface area contributed by atoms with Gasteiger partial charge in [-0.25, -0.2) is 4.98 Å². The standard InChI is InChI=1S/C21H19BrN4O/c22-17-10-11-20(25-14-17)24-13-16-7-5-15(6-8-16)9-12-21(27)26-19-4-2-1-3-18(19)23/h1-12,14H,13,23H2,(H,24,25)(H,26,27)/b12-9+. The Kier molecular flexibility index (Phi) is 6.22. The highest BCUT2D eigenvalue weighted by molar-refractivity contribution is 9.10. The smallest absolute Gasteiger partial charge is 0.248 e. The predicted molar refractivity (Wildman–Crippen MR) is 114 cm³/mol. The van der Waals surface area contributed by atoms with E-state index in [-0.39, 0.29) is 5.91 Å². The van der Waals surface area contributed by atoms with Crippen LogP contribution >= 0.6 is 15.9 Å². The lowest BCUT2D eigenvalue weighted by Gasteiger charge is -2.06. The molecular weight excluding hydrogens is 404 g/mol. The molecule has 0 radical (unpaired) electrons. The second-order valence-electron chi connectivity index (χ2n) is 5.87. The Labute approximate surface area is 166 Å². The summed E-state index contributed by atoms with van der Waals surface area (Å²) in [5.74, 6) is 0.596. The molecule has 3 rings (SSSR count). The van der Waals surface area contributed by atoms with E-state index in [2.05, 4.69) is 31.5 Å². The molecule has 0 atom stereocenters. The van der Waals surface area contributed by atoms with Crippen LogP contribution in [0.3, 0.4) is 0 Å². The van der Waals surface area contributed by atoms with Gasteiger partial charge in [-0.3, -0.25) is 4.79 Å². The number of anilines is 3. The van der Waals surface area contributed by atoms with Crippen LogP contribution in [0.4, 0.5) is 17.2 Å². The number of rotatable bonds is 6. The van der Waals surface area contributed by atoms with Crippen LogP contribution in [0.5, 0.6) is 0 Å². The van der Waals surface area contributed by atoms with Crippen LogP contribution in [0.15, 0.2) is 77.4 Å². The highest BCUT2D eigenvalue weighted by Gasteiger charge is 2.01. The maximum Gasteiger partial charge on any atom is 0.248 e. The number of halogens is 1. The molecule has 0 saturated heterocycles. The molecule has 0 saturated carbocycles. The fraction of sp³-hybridized carbons (Fsp3) is 0.0476. The summed E-state index contributed by atoms with van der Waals surface area (Å²) in [5, 5.41) is 6.03. The molecule has 0 fully saturated rings. The molecular formula is C21H19BrN4O. The lowest BCUT2D eigenvalue weighted by molar-refractivity contribution is -0.111. The van der Waals surface area contributed by atoms with Crippen molar-refractivity contribution in [2.24, 2.45) is 0 Å². The molecule has 136 valence electrons. The van der Waals surface area contributed by atoms with Crippen molar-refractivity contribution in [1.82, 2.24) is 4.98 Å². The van der Waals surface area contributed by atoms with E-state index in [1.54, 1.807) is 24.4 Å². The number of nitrogens with one attached hydrogen (secondary N) is 2. The number of hydrogen-bond acceptors (Lipinski definition) is 4. The molecule has 4 N–H and O–H groups in total. The summed E-state index contributed by atoms with van der Waals surface area (Å²) in [6.45, 7) is 0.673. The average molecular weight is 423 g/mol. The molecule has 3 aromatic rings. The molecule has 0 aliphatic carbocycles. The van der Waals surface area contributed by atoms with Crippen LogP contribution in [0.25, 0.3) is 6.08 Å². The fourth-order valence-corrected chi connectivity index (χ4v) is 2.61. The second kappa shape index (κ2) is 9.00. The maximum atomic E-state index is 12.0. The number of nitrogens with two attached hydrogens (primary N) is 1. The number of carbonyl (C=O) groups excluding carboxylic acids is 1.